The molecule has 1 atom stereocenters. The van der Waals surface area contributed by atoms with Crippen molar-refractivity contribution < 1.29 is 9.63 Å². The largest absolute Gasteiger partial charge is 0.356 e. The lowest BCUT2D eigenvalue weighted by Crippen LogP contribution is -2.32. The van der Waals surface area contributed by atoms with E-state index in [9.17, 15) is 4.79 Å². The van der Waals surface area contributed by atoms with Gasteiger partial charge in [0.05, 0.1) is 6.61 Å². The van der Waals surface area contributed by atoms with E-state index < -0.39 is 0 Å². The van der Waals surface area contributed by atoms with Gasteiger partial charge in [-0.3, -0.25) is 9.63 Å². The predicted octanol–water partition coefficient (Wildman–Crippen LogP) is 1.38. The number of carbonyl (C=O) groups is 1. The molecule has 1 aliphatic heterocycles. The van der Waals surface area contributed by atoms with E-state index in [0.29, 0.717) is 13.0 Å². The average Bonchev–Trinajstić information content (AvgIpc) is 2.55. The van der Waals surface area contributed by atoms with Crippen molar-refractivity contribution in [2.45, 2.75) is 31.9 Å². The van der Waals surface area contributed by atoms with E-state index in [0.717, 1.165) is 24.9 Å². The lowest BCUT2D eigenvalue weighted by Gasteiger charge is -2.14. The highest BCUT2D eigenvalue weighted by molar-refractivity contribution is 5.76. The Morgan fingerprint density at radius 2 is 2.18 bits per heavy atom. The molecule has 2 rings (SSSR count). The summed E-state index contributed by atoms with van der Waals surface area (Å²) >= 11 is 0. The van der Waals surface area contributed by atoms with Crippen LogP contribution in [0.25, 0.3) is 0 Å². The number of hydroxylamine groups is 1. The second-order valence-electron chi connectivity index (χ2n) is 4.29. The Labute approximate surface area is 101 Å². The molecule has 0 radical (unpaired) electrons. The van der Waals surface area contributed by atoms with E-state index >= 15 is 0 Å². The molecule has 1 unspecified atom stereocenters. The fourth-order valence-corrected chi connectivity index (χ4v) is 1.89. The Kier molecular flexibility index (Phi) is 4.53. The summed E-state index contributed by atoms with van der Waals surface area (Å²) < 4.78 is 0. The van der Waals surface area contributed by atoms with E-state index in [4.69, 9.17) is 4.84 Å². The third kappa shape index (κ3) is 4.17. The minimum absolute atomic E-state index is 0.100. The van der Waals surface area contributed by atoms with Crippen LogP contribution in [0.15, 0.2) is 30.3 Å². The van der Waals surface area contributed by atoms with Crippen molar-refractivity contribution in [3.8, 4) is 0 Å². The van der Waals surface area contributed by atoms with Gasteiger partial charge in [-0.15, -0.1) is 0 Å². The van der Waals surface area contributed by atoms with E-state index in [1.165, 1.54) is 0 Å². The normalized spacial score (nSPS) is 20.7. The maximum atomic E-state index is 11.3. The highest BCUT2D eigenvalue weighted by atomic mass is 16.6. The van der Waals surface area contributed by atoms with Gasteiger partial charge in [-0.05, 0) is 18.4 Å². The van der Waals surface area contributed by atoms with Gasteiger partial charge in [0.1, 0.15) is 0 Å². The first-order valence-corrected chi connectivity index (χ1v) is 6.02. The highest BCUT2D eigenvalue weighted by Gasteiger charge is 2.16. The Bertz CT molecular complexity index is 354. The quantitative estimate of drug-likeness (QED) is 0.774. The lowest BCUT2D eigenvalue weighted by atomic mass is 10.1. The summed E-state index contributed by atoms with van der Waals surface area (Å²) in [7, 11) is 0. The van der Waals surface area contributed by atoms with Crippen LogP contribution in [0.3, 0.4) is 0 Å². The molecule has 92 valence electrons. The molecule has 0 aliphatic carbocycles. The lowest BCUT2D eigenvalue weighted by molar-refractivity contribution is -0.122. The summed E-state index contributed by atoms with van der Waals surface area (Å²) in [6.45, 7) is 1.30. The zero-order chi connectivity index (χ0) is 11.9. The summed E-state index contributed by atoms with van der Waals surface area (Å²) in [6, 6.07) is 10.1. The second-order valence-corrected chi connectivity index (χ2v) is 4.29. The third-order valence-electron chi connectivity index (χ3n) is 2.81. The van der Waals surface area contributed by atoms with Crippen molar-refractivity contribution in [3.05, 3.63) is 35.9 Å². The first-order chi connectivity index (χ1) is 8.34. The Balaban J connectivity index is 1.72. The van der Waals surface area contributed by atoms with Crippen molar-refractivity contribution in [3.63, 3.8) is 0 Å². The van der Waals surface area contributed by atoms with Crippen LogP contribution < -0.4 is 10.8 Å². The van der Waals surface area contributed by atoms with E-state index in [-0.39, 0.29) is 11.9 Å². The van der Waals surface area contributed by atoms with Crippen molar-refractivity contribution in [1.82, 2.24) is 10.8 Å². The number of hydrogen-bond donors (Lipinski definition) is 2. The molecular formula is C13H18N2O2. The van der Waals surface area contributed by atoms with E-state index in [2.05, 4.69) is 10.8 Å². The third-order valence-corrected chi connectivity index (χ3v) is 2.81. The van der Waals surface area contributed by atoms with Gasteiger partial charge in [0.25, 0.3) is 0 Å². The van der Waals surface area contributed by atoms with Crippen LogP contribution in [0.1, 0.15) is 24.8 Å². The summed E-state index contributed by atoms with van der Waals surface area (Å²) in [4.78, 5) is 16.8. The van der Waals surface area contributed by atoms with E-state index in [1.807, 2.05) is 30.3 Å². The van der Waals surface area contributed by atoms with Crippen LogP contribution in [0.2, 0.25) is 0 Å². The van der Waals surface area contributed by atoms with Crippen LogP contribution in [0.5, 0.6) is 0 Å². The van der Waals surface area contributed by atoms with Gasteiger partial charge in [0.2, 0.25) is 5.91 Å². The van der Waals surface area contributed by atoms with Gasteiger partial charge < -0.3 is 5.32 Å². The fraction of sp³-hybridized carbons (Fsp3) is 0.462. The average molecular weight is 234 g/mol. The standard InChI is InChI=1S/C13H18N2O2/c16-13-9-12(7-4-8-14-13)15-17-10-11-5-2-1-3-6-11/h1-3,5-6,12,15H,4,7-10H2,(H,14,16). The molecule has 4 nitrogen and oxygen atoms in total. The Hall–Kier alpha value is -1.39. The second kappa shape index (κ2) is 6.37. The van der Waals surface area contributed by atoms with Gasteiger partial charge in [-0.2, -0.15) is 5.48 Å². The highest BCUT2D eigenvalue weighted by Crippen LogP contribution is 2.07. The first kappa shape index (κ1) is 12.1. The zero-order valence-corrected chi connectivity index (χ0v) is 9.82. The van der Waals surface area contributed by atoms with Crippen LogP contribution in [0, 0.1) is 0 Å². The maximum Gasteiger partial charge on any atom is 0.221 e. The minimum atomic E-state index is 0.100. The van der Waals surface area contributed by atoms with E-state index in [1.54, 1.807) is 0 Å². The van der Waals surface area contributed by atoms with Crippen LogP contribution in [-0.4, -0.2) is 18.5 Å². The monoisotopic (exact) mass is 234 g/mol. The molecular weight excluding hydrogens is 216 g/mol. The molecule has 1 aromatic carbocycles. The van der Waals surface area contributed by atoms with Crippen molar-refractivity contribution in [2.75, 3.05) is 6.54 Å². The van der Waals surface area contributed by atoms with Gasteiger partial charge in [0.15, 0.2) is 0 Å². The Morgan fingerprint density at radius 3 is 3.00 bits per heavy atom. The molecule has 1 amide bonds. The fourth-order valence-electron chi connectivity index (χ4n) is 1.89. The topological polar surface area (TPSA) is 50.4 Å². The molecule has 0 spiro atoms. The molecule has 0 bridgehead atoms. The van der Waals surface area contributed by atoms with Gasteiger partial charge >= 0.3 is 0 Å². The molecule has 4 heteroatoms. The molecule has 1 saturated heterocycles. The number of rotatable bonds is 4. The summed E-state index contributed by atoms with van der Waals surface area (Å²) in [5.41, 5.74) is 4.10. The molecule has 2 N–H and O–H groups in total. The number of nitrogens with one attached hydrogen (secondary N) is 2. The number of amides is 1. The number of hydrogen-bond acceptors (Lipinski definition) is 3. The smallest absolute Gasteiger partial charge is 0.221 e. The van der Waals surface area contributed by atoms with Gasteiger partial charge in [-0.25, -0.2) is 0 Å². The molecule has 17 heavy (non-hydrogen) atoms. The Morgan fingerprint density at radius 1 is 1.35 bits per heavy atom. The summed E-state index contributed by atoms with van der Waals surface area (Å²) in [5, 5.41) is 2.85. The molecule has 0 aromatic heterocycles. The number of carbonyl (C=O) groups excluding carboxylic acids is 1. The van der Waals surface area contributed by atoms with Gasteiger partial charge in [-0.1, -0.05) is 30.3 Å². The van der Waals surface area contributed by atoms with Crippen LogP contribution >= 0.6 is 0 Å². The molecule has 1 heterocycles. The zero-order valence-electron chi connectivity index (χ0n) is 9.82. The van der Waals surface area contributed by atoms with Crippen molar-refractivity contribution in [1.29, 1.82) is 0 Å². The first-order valence-electron chi connectivity index (χ1n) is 6.02. The minimum Gasteiger partial charge on any atom is -0.356 e. The summed E-state index contributed by atoms with van der Waals surface area (Å²) in [5.74, 6) is 0.100. The van der Waals surface area contributed by atoms with Crippen molar-refractivity contribution >= 4 is 5.91 Å². The SMILES string of the molecule is O=C1CC(NOCc2ccccc2)CCCN1. The van der Waals surface area contributed by atoms with Crippen molar-refractivity contribution in [2.24, 2.45) is 0 Å². The maximum absolute atomic E-state index is 11.3. The predicted molar refractivity (Wildman–Crippen MR) is 65.0 cm³/mol. The number of benzene rings is 1. The molecule has 1 aromatic rings. The van der Waals surface area contributed by atoms with Crippen LogP contribution in [-0.2, 0) is 16.2 Å². The molecule has 0 saturated carbocycles. The molecule has 1 aliphatic rings. The van der Waals surface area contributed by atoms with Crippen LogP contribution in [0.4, 0.5) is 0 Å². The summed E-state index contributed by atoms with van der Waals surface area (Å²) in [6.07, 6.45) is 2.46. The molecule has 1 fully saturated rings. The van der Waals surface area contributed by atoms with Gasteiger partial charge in [0, 0.05) is 19.0 Å².